The Morgan fingerprint density at radius 3 is 2.55 bits per heavy atom. The first-order valence-corrected chi connectivity index (χ1v) is 11.2. The summed E-state index contributed by atoms with van der Waals surface area (Å²) >= 11 is 1.31. The SMILES string of the molecule is CCN(C)CCc1cc(C)c(Oc2nc(-c3ccc(C4CC4)cc3)ns2)cc1C. The lowest BCUT2D eigenvalue weighted by atomic mass is 10.0. The monoisotopic (exact) mass is 407 g/mol. The summed E-state index contributed by atoms with van der Waals surface area (Å²) in [5, 5.41) is 0.590. The van der Waals surface area contributed by atoms with E-state index in [0.29, 0.717) is 5.19 Å². The summed E-state index contributed by atoms with van der Waals surface area (Å²) in [6.07, 6.45) is 3.69. The third-order valence-corrected chi connectivity index (χ3v) is 6.35. The largest absolute Gasteiger partial charge is 0.430 e. The van der Waals surface area contributed by atoms with Crippen molar-refractivity contribution >= 4 is 11.5 Å². The summed E-state index contributed by atoms with van der Waals surface area (Å²) in [4.78, 5) is 6.94. The average molecular weight is 408 g/mol. The summed E-state index contributed by atoms with van der Waals surface area (Å²) in [6, 6.07) is 13.0. The van der Waals surface area contributed by atoms with Crippen LogP contribution in [0.1, 0.15) is 47.9 Å². The maximum atomic E-state index is 6.10. The topological polar surface area (TPSA) is 38.2 Å². The molecule has 0 bridgehead atoms. The molecule has 1 aliphatic carbocycles. The van der Waals surface area contributed by atoms with Crippen molar-refractivity contribution in [3.63, 3.8) is 0 Å². The molecule has 1 fully saturated rings. The first-order valence-electron chi connectivity index (χ1n) is 10.4. The maximum Gasteiger partial charge on any atom is 0.299 e. The molecule has 0 atom stereocenters. The number of nitrogens with zero attached hydrogens (tertiary/aromatic N) is 3. The number of ether oxygens (including phenoxy) is 1. The van der Waals surface area contributed by atoms with Gasteiger partial charge in [-0.25, -0.2) is 0 Å². The molecule has 1 heterocycles. The highest BCUT2D eigenvalue weighted by Crippen LogP contribution is 2.40. The van der Waals surface area contributed by atoms with Crippen LogP contribution in [0.2, 0.25) is 0 Å². The number of hydrogen-bond acceptors (Lipinski definition) is 5. The predicted molar refractivity (Wildman–Crippen MR) is 120 cm³/mol. The van der Waals surface area contributed by atoms with Gasteiger partial charge in [-0.2, -0.15) is 9.36 Å². The standard InChI is InChI=1S/C24H29N3OS/c1-5-27(4)13-12-21-14-17(3)22(15-16(21)2)28-24-25-23(26-29-24)20-10-8-19(9-11-20)18-6-7-18/h8-11,14-15,18H,5-7,12-13H2,1-4H3. The number of aromatic nitrogens is 2. The Bertz CT molecular complexity index is 976. The second kappa shape index (κ2) is 8.64. The minimum Gasteiger partial charge on any atom is -0.430 e. The van der Waals surface area contributed by atoms with Gasteiger partial charge in [-0.1, -0.05) is 37.3 Å². The Kier molecular flexibility index (Phi) is 5.97. The van der Waals surface area contributed by atoms with Gasteiger partial charge in [-0.3, -0.25) is 0 Å². The van der Waals surface area contributed by atoms with Crippen LogP contribution in [0.3, 0.4) is 0 Å². The molecule has 29 heavy (non-hydrogen) atoms. The van der Waals surface area contributed by atoms with Gasteiger partial charge in [0, 0.05) is 23.6 Å². The van der Waals surface area contributed by atoms with E-state index in [1.54, 1.807) is 0 Å². The normalized spacial score (nSPS) is 13.8. The van der Waals surface area contributed by atoms with Crippen LogP contribution in [0, 0.1) is 13.8 Å². The molecule has 4 rings (SSSR count). The fourth-order valence-corrected chi connectivity index (χ4v) is 4.05. The van der Waals surface area contributed by atoms with E-state index in [1.165, 1.54) is 41.1 Å². The van der Waals surface area contributed by atoms with E-state index in [1.807, 2.05) is 0 Å². The summed E-state index contributed by atoms with van der Waals surface area (Å²) < 4.78 is 10.6. The molecular weight excluding hydrogens is 378 g/mol. The van der Waals surface area contributed by atoms with Crippen molar-refractivity contribution in [2.75, 3.05) is 20.1 Å². The van der Waals surface area contributed by atoms with E-state index in [2.05, 4.69) is 78.5 Å². The zero-order chi connectivity index (χ0) is 20.4. The van der Waals surface area contributed by atoms with E-state index < -0.39 is 0 Å². The average Bonchev–Trinajstić information content (AvgIpc) is 3.48. The molecule has 4 nitrogen and oxygen atoms in total. The molecule has 0 radical (unpaired) electrons. The van der Waals surface area contributed by atoms with Crippen molar-refractivity contribution in [2.45, 2.75) is 46.0 Å². The van der Waals surface area contributed by atoms with Crippen molar-refractivity contribution in [1.29, 1.82) is 0 Å². The molecule has 0 spiro atoms. The van der Waals surface area contributed by atoms with Gasteiger partial charge in [0.05, 0.1) is 0 Å². The molecule has 1 aliphatic rings. The zero-order valence-corrected chi connectivity index (χ0v) is 18.6. The Hall–Kier alpha value is -2.24. The van der Waals surface area contributed by atoms with E-state index in [9.17, 15) is 0 Å². The summed E-state index contributed by atoms with van der Waals surface area (Å²) in [5.74, 6) is 2.37. The van der Waals surface area contributed by atoms with E-state index in [4.69, 9.17) is 4.74 Å². The van der Waals surface area contributed by atoms with Gasteiger partial charge in [0.25, 0.3) is 5.19 Å². The van der Waals surface area contributed by atoms with Gasteiger partial charge in [0.15, 0.2) is 5.82 Å². The highest BCUT2D eigenvalue weighted by atomic mass is 32.1. The predicted octanol–water partition coefficient (Wildman–Crippen LogP) is 5.99. The van der Waals surface area contributed by atoms with E-state index in [-0.39, 0.29) is 0 Å². The Morgan fingerprint density at radius 2 is 1.86 bits per heavy atom. The molecule has 0 saturated heterocycles. The van der Waals surface area contributed by atoms with Crippen molar-refractivity contribution in [3.05, 3.63) is 58.7 Å². The molecule has 0 N–H and O–H groups in total. The van der Waals surface area contributed by atoms with Crippen molar-refractivity contribution in [2.24, 2.45) is 0 Å². The quantitative estimate of drug-likeness (QED) is 0.460. The van der Waals surface area contributed by atoms with Crippen LogP contribution in [0.15, 0.2) is 36.4 Å². The molecule has 1 saturated carbocycles. The lowest BCUT2D eigenvalue weighted by Gasteiger charge is -2.16. The summed E-state index contributed by atoms with van der Waals surface area (Å²) in [7, 11) is 2.16. The maximum absolute atomic E-state index is 6.10. The van der Waals surface area contributed by atoms with Gasteiger partial charge in [0.2, 0.25) is 0 Å². The molecule has 0 aliphatic heterocycles. The van der Waals surface area contributed by atoms with Gasteiger partial charge in [-0.05, 0) is 80.9 Å². The minimum absolute atomic E-state index is 0.590. The van der Waals surface area contributed by atoms with Crippen LogP contribution < -0.4 is 4.74 Å². The summed E-state index contributed by atoms with van der Waals surface area (Å²) in [5.41, 5.74) is 6.25. The second-order valence-corrected chi connectivity index (χ2v) is 8.79. The smallest absolute Gasteiger partial charge is 0.299 e. The minimum atomic E-state index is 0.590. The lowest BCUT2D eigenvalue weighted by Crippen LogP contribution is -2.20. The molecule has 0 unspecified atom stereocenters. The fraction of sp³-hybridized carbons (Fsp3) is 0.417. The number of rotatable bonds is 8. The molecular formula is C24H29N3OS. The van der Waals surface area contributed by atoms with Crippen molar-refractivity contribution in [1.82, 2.24) is 14.3 Å². The Morgan fingerprint density at radius 1 is 1.10 bits per heavy atom. The molecule has 152 valence electrons. The first-order chi connectivity index (χ1) is 14.0. The molecule has 0 amide bonds. The number of aryl methyl sites for hydroxylation is 2. The van der Waals surface area contributed by atoms with Gasteiger partial charge < -0.3 is 9.64 Å². The van der Waals surface area contributed by atoms with E-state index >= 15 is 0 Å². The summed E-state index contributed by atoms with van der Waals surface area (Å²) in [6.45, 7) is 8.58. The van der Waals surface area contributed by atoms with Crippen LogP contribution in [0.4, 0.5) is 0 Å². The Labute approximate surface area is 177 Å². The van der Waals surface area contributed by atoms with Crippen LogP contribution in [0.25, 0.3) is 11.4 Å². The molecule has 5 heteroatoms. The van der Waals surface area contributed by atoms with Crippen LogP contribution in [0.5, 0.6) is 10.9 Å². The van der Waals surface area contributed by atoms with Crippen LogP contribution in [-0.4, -0.2) is 34.4 Å². The van der Waals surface area contributed by atoms with Crippen molar-refractivity contribution < 1.29 is 4.74 Å². The number of hydrogen-bond donors (Lipinski definition) is 0. The van der Waals surface area contributed by atoms with E-state index in [0.717, 1.165) is 48.1 Å². The van der Waals surface area contributed by atoms with Crippen LogP contribution >= 0.6 is 11.5 Å². The lowest BCUT2D eigenvalue weighted by molar-refractivity contribution is 0.357. The van der Waals surface area contributed by atoms with Gasteiger partial charge in [-0.15, -0.1) is 0 Å². The fourth-order valence-electron chi connectivity index (χ4n) is 3.48. The third-order valence-electron chi connectivity index (χ3n) is 5.76. The highest BCUT2D eigenvalue weighted by molar-refractivity contribution is 7.07. The molecule has 1 aromatic heterocycles. The number of likely N-dealkylation sites (N-methyl/N-ethyl adjacent to an activating group) is 1. The first kappa shape index (κ1) is 20.0. The highest BCUT2D eigenvalue weighted by Gasteiger charge is 2.23. The van der Waals surface area contributed by atoms with Gasteiger partial charge in [0.1, 0.15) is 5.75 Å². The number of benzene rings is 2. The van der Waals surface area contributed by atoms with Crippen LogP contribution in [-0.2, 0) is 6.42 Å². The second-order valence-electron chi connectivity index (χ2n) is 8.07. The molecule has 3 aromatic rings. The van der Waals surface area contributed by atoms with Gasteiger partial charge >= 0.3 is 0 Å². The molecule has 2 aromatic carbocycles. The van der Waals surface area contributed by atoms with Crippen molar-refractivity contribution in [3.8, 4) is 22.3 Å². The Balaban J connectivity index is 1.46. The third kappa shape index (κ3) is 4.85. The zero-order valence-electron chi connectivity index (χ0n) is 17.7.